The molecule has 3 rings (SSSR count). The fourth-order valence-electron chi connectivity index (χ4n) is 2.46. The van der Waals surface area contributed by atoms with Crippen molar-refractivity contribution in [3.05, 3.63) is 17.6 Å². The Morgan fingerprint density at radius 2 is 2.00 bits per heavy atom. The van der Waals surface area contributed by atoms with Crippen molar-refractivity contribution in [1.82, 2.24) is 20.2 Å². The molecular formula is C12H19N5. The fourth-order valence-corrected chi connectivity index (χ4v) is 2.46. The van der Waals surface area contributed by atoms with Gasteiger partial charge in [-0.3, -0.25) is 4.98 Å². The molecular weight excluding hydrogens is 214 g/mol. The number of rotatable bonds is 1. The first-order valence-electron chi connectivity index (χ1n) is 6.32. The van der Waals surface area contributed by atoms with Gasteiger partial charge in [-0.2, -0.15) is 0 Å². The second-order valence-corrected chi connectivity index (χ2v) is 4.85. The summed E-state index contributed by atoms with van der Waals surface area (Å²) >= 11 is 0. The largest absolute Gasteiger partial charge is 0.353 e. The standard InChI is InChI=1S/C12H19N5/c1-16-5-2-10-11(9-16)15-12(8-14-10)17-6-3-13-4-7-17/h8,13H,2-7,9H2,1H3. The molecule has 1 fully saturated rings. The van der Waals surface area contributed by atoms with Crippen LogP contribution in [0.3, 0.4) is 0 Å². The first kappa shape index (κ1) is 10.9. The van der Waals surface area contributed by atoms with Crippen LogP contribution in [-0.4, -0.2) is 54.6 Å². The van der Waals surface area contributed by atoms with Crippen LogP contribution in [0.1, 0.15) is 11.4 Å². The number of fused-ring (bicyclic) bond motifs is 1. The minimum absolute atomic E-state index is 0.933. The molecule has 0 saturated carbocycles. The van der Waals surface area contributed by atoms with Crippen molar-refractivity contribution in [2.24, 2.45) is 0 Å². The number of hydrogen-bond donors (Lipinski definition) is 1. The van der Waals surface area contributed by atoms with E-state index < -0.39 is 0 Å². The Labute approximate surface area is 102 Å². The third-order valence-electron chi connectivity index (χ3n) is 3.51. The average Bonchev–Trinajstić information content (AvgIpc) is 2.39. The lowest BCUT2D eigenvalue weighted by atomic mass is 10.1. The number of nitrogens with zero attached hydrogens (tertiary/aromatic N) is 4. The molecule has 0 bridgehead atoms. The Kier molecular flexibility index (Phi) is 2.94. The lowest BCUT2D eigenvalue weighted by Crippen LogP contribution is -2.44. The SMILES string of the molecule is CN1CCc2ncc(N3CCNCC3)nc2C1. The zero-order chi connectivity index (χ0) is 11.7. The van der Waals surface area contributed by atoms with Gasteiger partial charge in [-0.25, -0.2) is 4.98 Å². The Hall–Kier alpha value is -1.20. The number of likely N-dealkylation sites (N-methyl/N-ethyl adjacent to an activating group) is 1. The minimum Gasteiger partial charge on any atom is -0.353 e. The van der Waals surface area contributed by atoms with Gasteiger partial charge < -0.3 is 15.1 Å². The van der Waals surface area contributed by atoms with Crippen LogP contribution in [0.4, 0.5) is 5.82 Å². The normalized spacial score (nSPS) is 21.4. The Morgan fingerprint density at radius 3 is 2.82 bits per heavy atom. The highest BCUT2D eigenvalue weighted by Gasteiger charge is 2.18. The topological polar surface area (TPSA) is 44.3 Å². The Balaban J connectivity index is 1.84. The van der Waals surface area contributed by atoms with Crippen molar-refractivity contribution in [3.63, 3.8) is 0 Å². The van der Waals surface area contributed by atoms with Crippen LogP contribution in [0.2, 0.25) is 0 Å². The van der Waals surface area contributed by atoms with E-state index >= 15 is 0 Å². The molecule has 3 heterocycles. The number of anilines is 1. The highest BCUT2D eigenvalue weighted by Crippen LogP contribution is 2.18. The summed E-state index contributed by atoms with van der Waals surface area (Å²) in [7, 11) is 2.14. The van der Waals surface area contributed by atoms with E-state index in [0.29, 0.717) is 0 Å². The van der Waals surface area contributed by atoms with Gasteiger partial charge in [0.05, 0.1) is 17.6 Å². The van der Waals surface area contributed by atoms with E-state index in [-0.39, 0.29) is 0 Å². The highest BCUT2D eigenvalue weighted by molar-refractivity contribution is 5.39. The molecule has 0 unspecified atom stereocenters. The molecule has 5 heteroatoms. The van der Waals surface area contributed by atoms with Gasteiger partial charge in [-0.1, -0.05) is 0 Å². The highest BCUT2D eigenvalue weighted by atomic mass is 15.2. The second kappa shape index (κ2) is 4.58. The van der Waals surface area contributed by atoms with Gasteiger partial charge in [0.1, 0.15) is 5.82 Å². The first-order valence-corrected chi connectivity index (χ1v) is 6.32. The van der Waals surface area contributed by atoms with Gasteiger partial charge in [0.15, 0.2) is 0 Å². The van der Waals surface area contributed by atoms with E-state index in [1.807, 2.05) is 6.20 Å². The van der Waals surface area contributed by atoms with Crippen LogP contribution in [-0.2, 0) is 13.0 Å². The molecule has 1 saturated heterocycles. The maximum atomic E-state index is 4.78. The summed E-state index contributed by atoms with van der Waals surface area (Å²) in [4.78, 5) is 14.0. The summed E-state index contributed by atoms with van der Waals surface area (Å²) in [5.74, 6) is 1.04. The van der Waals surface area contributed by atoms with Crippen molar-refractivity contribution in [1.29, 1.82) is 0 Å². The van der Waals surface area contributed by atoms with Crippen molar-refractivity contribution in [2.45, 2.75) is 13.0 Å². The molecule has 0 spiro atoms. The zero-order valence-electron chi connectivity index (χ0n) is 10.3. The molecule has 1 aromatic rings. The van der Waals surface area contributed by atoms with Crippen molar-refractivity contribution in [3.8, 4) is 0 Å². The monoisotopic (exact) mass is 233 g/mol. The zero-order valence-corrected chi connectivity index (χ0v) is 10.3. The predicted octanol–water partition coefficient (Wildman–Crippen LogP) is -0.126. The number of piperazine rings is 1. The van der Waals surface area contributed by atoms with Crippen molar-refractivity contribution in [2.75, 3.05) is 44.7 Å². The van der Waals surface area contributed by atoms with Gasteiger partial charge >= 0.3 is 0 Å². The van der Waals surface area contributed by atoms with Crippen molar-refractivity contribution < 1.29 is 0 Å². The molecule has 92 valence electrons. The lowest BCUT2D eigenvalue weighted by Gasteiger charge is -2.30. The van der Waals surface area contributed by atoms with Crippen LogP contribution in [0.15, 0.2) is 6.20 Å². The molecule has 0 aliphatic carbocycles. The first-order chi connectivity index (χ1) is 8.33. The number of hydrogen-bond acceptors (Lipinski definition) is 5. The van der Waals surface area contributed by atoms with Gasteiger partial charge in [0.25, 0.3) is 0 Å². The van der Waals surface area contributed by atoms with E-state index in [0.717, 1.165) is 57.2 Å². The smallest absolute Gasteiger partial charge is 0.147 e. The Bertz CT molecular complexity index is 400. The molecule has 0 atom stereocenters. The molecule has 0 aromatic carbocycles. The summed E-state index contributed by atoms with van der Waals surface area (Å²) in [6, 6.07) is 0. The number of nitrogens with one attached hydrogen (secondary N) is 1. The number of aromatic nitrogens is 2. The van der Waals surface area contributed by atoms with Crippen LogP contribution in [0, 0.1) is 0 Å². The second-order valence-electron chi connectivity index (χ2n) is 4.85. The van der Waals surface area contributed by atoms with Crippen molar-refractivity contribution >= 4 is 5.82 Å². The van der Waals surface area contributed by atoms with E-state index in [1.54, 1.807) is 0 Å². The summed E-state index contributed by atoms with van der Waals surface area (Å²) in [5, 5.41) is 3.36. The average molecular weight is 233 g/mol. The van der Waals surface area contributed by atoms with Crippen LogP contribution < -0.4 is 10.2 Å². The summed E-state index contributed by atoms with van der Waals surface area (Å²) in [6.45, 7) is 6.17. The molecule has 1 N–H and O–H groups in total. The van der Waals surface area contributed by atoms with E-state index in [9.17, 15) is 0 Å². The van der Waals surface area contributed by atoms with Gasteiger partial charge in [0.2, 0.25) is 0 Å². The Morgan fingerprint density at radius 1 is 1.18 bits per heavy atom. The molecule has 2 aliphatic rings. The maximum absolute atomic E-state index is 4.78. The fraction of sp³-hybridized carbons (Fsp3) is 0.667. The molecule has 2 aliphatic heterocycles. The third-order valence-corrected chi connectivity index (χ3v) is 3.51. The quantitative estimate of drug-likeness (QED) is 0.732. The molecule has 5 nitrogen and oxygen atoms in total. The lowest BCUT2D eigenvalue weighted by molar-refractivity contribution is 0.304. The third kappa shape index (κ3) is 2.25. The van der Waals surface area contributed by atoms with E-state index in [2.05, 4.69) is 27.1 Å². The van der Waals surface area contributed by atoms with E-state index in [4.69, 9.17) is 4.98 Å². The van der Waals surface area contributed by atoms with Crippen LogP contribution in [0.5, 0.6) is 0 Å². The van der Waals surface area contributed by atoms with E-state index in [1.165, 1.54) is 5.69 Å². The molecule has 0 amide bonds. The van der Waals surface area contributed by atoms with Crippen LogP contribution >= 0.6 is 0 Å². The predicted molar refractivity (Wildman–Crippen MR) is 67.2 cm³/mol. The summed E-state index contributed by atoms with van der Waals surface area (Å²) in [5.41, 5.74) is 2.34. The minimum atomic E-state index is 0.933. The molecule has 0 radical (unpaired) electrons. The summed E-state index contributed by atoms with van der Waals surface area (Å²) in [6.07, 6.45) is 2.97. The summed E-state index contributed by atoms with van der Waals surface area (Å²) < 4.78 is 0. The maximum Gasteiger partial charge on any atom is 0.147 e. The van der Waals surface area contributed by atoms with Gasteiger partial charge in [0, 0.05) is 45.7 Å². The van der Waals surface area contributed by atoms with Gasteiger partial charge in [-0.15, -0.1) is 0 Å². The van der Waals surface area contributed by atoms with Crippen LogP contribution in [0.25, 0.3) is 0 Å². The molecule has 1 aromatic heterocycles. The van der Waals surface area contributed by atoms with Gasteiger partial charge in [-0.05, 0) is 7.05 Å². The molecule has 17 heavy (non-hydrogen) atoms.